The van der Waals surface area contributed by atoms with E-state index in [1.165, 1.54) is 0 Å². The Hall–Kier alpha value is 0.910. The molecular weight excluding hydrogens is 151 g/mol. The zero-order valence-corrected chi connectivity index (χ0v) is 8.77. The van der Waals surface area contributed by atoms with Crippen LogP contribution in [-0.4, -0.2) is 48.3 Å². The molecule has 0 aliphatic rings. The molecule has 0 aromatic carbocycles. The van der Waals surface area contributed by atoms with Gasteiger partial charge in [0.05, 0.1) is 5.75 Å². The van der Waals surface area contributed by atoms with Gasteiger partial charge in [0.15, 0.2) is 0 Å². The molecular formula is C4H10NaO3S. The van der Waals surface area contributed by atoms with E-state index >= 15 is 0 Å². The standard InChI is InChI=1S/C4H10O3S.Na/c1-4(2)3-8(5,6)7;/h4H,3H2,1-2H3,(H,5,6,7);. The fourth-order valence-electron chi connectivity index (χ4n) is 0.421. The molecule has 0 aromatic heterocycles. The Balaban J connectivity index is 0. The van der Waals surface area contributed by atoms with Gasteiger partial charge in [-0.3, -0.25) is 4.55 Å². The van der Waals surface area contributed by atoms with E-state index in [1.807, 2.05) is 0 Å². The molecule has 5 heteroatoms. The number of hydrogen-bond donors (Lipinski definition) is 1. The van der Waals surface area contributed by atoms with Gasteiger partial charge in [0, 0.05) is 29.6 Å². The summed E-state index contributed by atoms with van der Waals surface area (Å²) in [6.07, 6.45) is 0. The molecule has 0 aromatic rings. The molecule has 1 N–H and O–H groups in total. The maximum absolute atomic E-state index is 10.00. The molecule has 0 bridgehead atoms. The molecule has 0 saturated carbocycles. The number of hydrogen-bond acceptors (Lipinski definition) is 2. The summed E-state index contributed by atoms with van der Waals surface area (Å²) >= 11 is 0. The molecule has 0 heterocycles. The average molecular weight is 161 g/mol. The third-order valence-corrected chi connectivity index (χ3v) is 1.63. The maximum atomic E-state index is 10.00. The van der Waals surface area contributed by atoms with Crippen molar-refractivity contribution in [1.29, 1.82) is 0 Å². The van der Waals surface area contributed by atoms with E-state index in [4.69, 9.17) is 4.55 Å². The first-order valence-electron chi connectivity index (χ1n) is 2.37. The molecule has 0 amide bonds. The second-order valence-electron chi connectivity index (χ2n) is 2.14. The summed E-state index contributed by atoms with van der Waals surface area (Å²) in [5.74, 6) is -0.141. The first-order chi connectivity index (χ1) is 3.42. The van der Waals surface area contributed by atoms with Crippen molar-refractivity contribution >= 4 is 39.7 Å². The fraction of sp³-hybridized carbons (Fsp3) is 1.00. The van der Waals surface area contributed by atoms with E-state index in [0.717, 1.165) is 0 Å². The summed E-state index contributed by atoms with van der Waals surface area (Å²) in [6, 6.07) is 0. The van der Waals surface area contributed by atoms with E-state index in [9.17, 15) is 8.42 Å². The molecule has 0 unspecified atom stereocenters. The Morgan fingerprint density at radius 2 is 1.78 bits per heavy atom. The molecule has 0 aliphatic heterocycles. The Bertz CT molecular complexity index is 149. The van der Waals surface area contributed by atoms with Crippen molar-refractivity contribution in [2.75, 3.05) is 5.75 Å². The van der Waals surface area contributed by atoms with Crippen LogP contribution in [0.15, 0.2) is 0 Å². The van der Waals surface area contributed by atoms with Crippen molar-refractivity contribution in [1.82, 2.24) is 0 Å². The Morgan fingerprint density at radius 1 is 1.44 bits per heavy atom. The van der Waals surface area contributed by atoms with Crippen LogP contribution in [0, 0.1) is 5.92 Å². The Morgan fingerprint density at radius 3 is 1.78 bits per heavy atom. The van der Waals surface area contributed by atoms with Gasteiger partial charge in [-0.05, 0) is 5.92 Å². The van der Waals surface area contributed by atoms with Gasteiger partial charge in [0.25, 0.3) is 10.1 Å². The van der Waals surface area contributed by atoms with Gasteiger partial charge < -0.3 is 0 Å². The van der Waals surface area contributed by atoms with Crippen LogP contribution in [0.3, 0.4) is 0 Å². The van der Waals surface area contributed by atoms with E-state index < -0.39 is 10.1 Å². The molecule has 51 valence electrons. The van der Waals surface area contributed by atoms with E-state index in [1.54, 1.807) is 13.8 Å². The van der Waals surface area contributed by atoms with Crippen LogP contribution in [0.1, 0.15) is 13.8 Å². The van der Waals surface area contributed by atoms with E-state index in [0.29, 0.717) is 0 Å². The Kier molecular flexibility index (Phi) is 6.54. The molecule has 0 saturated heterocycles. The molecule has 0 fully saturated rings. The minimum absolute atomic E-state index is 0. The summed E-state index contributed by atoms with van der Waals surface area (Å²) in [4.78, 5) is 0. The van der Waals surface area contributed by atoms with Crippen molar-refractivity contribution in [2.24, 2.45) is 5.92 Å². The topological polar surface area (TPSA) is 54.4 Å². The molecule has 9 heavy (non-hydrogen) atoms. The van der Waals surface area contributed by atoms with Crippen molar-refractivity contribution < 1.29 is 13.0 Å². The first-order valence-corrected chi connectivity index (χ1v) is 3.98. The average Bonchev–Trinajstić information content (AvgIpc) is 1.21. The van der Waals surface area contributed by atoms with Crippen LogP contribution < -0.4 is 0 Å². The Labute approximate surface area is 77.9 Å². The van der Waals surface area contributed by atoms with Crippen LogP contribution in [0.25, 0.3) is 0 Å². The second-order valence-corrected chi connectivity index (χ2v) is 3.64. The van der Waals surface area contributed by atoms with Gasteiger partial charge in [-0.25, -0.2) is 0 Å². The fourth-order valence-corrected chi connectivity index (χ4v) is 1.26. The quantitative estimate of drug-likeness (QED) is 0.463. The summed E-state index contributed by atoms with van der Waals surface area (Å²) < 4.78 is 28.2. The van der Waals surface area contributed by atoms with Crippen LogP contribution in [0.4, 0.5) is 0 Å². The molecule has 3 nitrogen and oxygen atoms in total. The molecule has 0 atom stereocenters. The van der Waals surface area contributed by atoms with Gasteiger partial charge in [-0.15, -0.1) is 0 Å². The predicted molar refractivity (Wildman–Crippen MR) is 37.0 cm³/mol. The SMILES string of the molecule is CC(C)CS(=O)(=O)O.[Na]. The van der Waals surface area contributed by atoms with Gasteiger partial charge in [0.1, 0.15) is 0 Å². The minimum Gasteiger partial charge on any atom is -0.286 e. The van der Waals surface area contributed by atoms with Crippen LogP contribution >= 0.6 is 0 Å². The van der Waals surface area contributed by atoms with E-state index in [2.05, 4.69) is 0 Å². The van der Waals surface area contributed by atoms with Crippen molar-refractivity contribution in [3.05, 3.63) is 0 Å². The van der Waals surface area contributed by atoms with E-state index in [-0.39, 0.29) is 41.2 Å². The van der Waals surface area contributed by atoms with Crippen molar-refractivity contribution in [2.45, 2.75) is 13.8 Å². The monoisotopic (exact) mass is 161 g/mol. The zero-order valence-electron chi connectivity index (χ0n) is 5.96. The molecule has 0 aliphatic carbocycles. The second kappa shape index (κ2) is 4.68. The van der Waals surface area contributed by atoms with Gasteiger partial charge in [-0.2, -0.15) is 8.42 Å². The van der Waals surface area contributed by atoms with Gasteiger partial charge in [0.2, 0.25) is 0 Å². The van der Waals surface area contributed by atoms with Crippen LogP contribution in [0.5, 0.6) is 0 Å². The normalized spacial score (nSPS) is 11.1. The summed E-state index contributed by atoms with van der Waals surface area (Å²) in [5.41, 5.74) is 0. The van der Waals surface area contributed by atoms with Crippen LogP contribution in [-0.2, 0) is 10.1 Å². The minimum atomic E-state index is -3.72. The van der Waals surface area contributed by atoms with Gasteiger partial charge in [-0.1, -0.05) is 13.8 Å². The maximum Gasteiger partial charge on any atom is 0.265 e. The first kappa shape index (κ1) is 12.6. The van der Waals surface area contributed by atoms with Crippen LogP contribution in [0.2, 0.25) is 0 Å². The number of rotatable bonds is 2. The van der Waals surface area contributed by atoms with Crippen molar-refractivity contribution in [3.8, 4) is 0 Å². The largest absolute Gasteiger partial charge is 0.286 e. The third-order valence-electron chi connectivity index (χ3n) is 0.544. The van der Waals surface area contributed by atoms with Gasteiger partial charge >= 0.3 is 0 Å². The molecule has 0 spiro atoms. The third kappa shape index (κ3) is 12.2. The summed E-state index contributed by atoms with van der Waals surface area (Å²) in [6.45, 7) is 3.46. The predicted octanol–water partition coefficient (Wildman–Crippen LogP) is 0.149. The zero-order chi connectivity index (χ0) is 6.78. The summed E-state index contributed by atoms with van der Waals surface area (Å²) in [5, 5.41) is 0. The molecule has 1 radical (unpaired) electrons. The smallest absolute Gasteiger partial charge is 0.265 e. The molecule has 0 rings (SSSR count). The summed E-state index contributed by atoms with van der Waals surface area (Å²) in [7, 11) is -3.72. The van der Waals surface area contributed by atoms with Crippen molar-refractivity contribution in [3.63, 3.8) is 0 Å².